The Morgan fingerprint density at radius 2 is 2.17 bits per heavy atom. The topological polar surface area (TPSA) is 26.0 Å². The number of benzene rings is 1. The van der Waals surface area contributed by atoms with Crippen molar-refractivity contribution in [1.82, 2.24) is 0 Å². The highest BCUT2D eigenvalue weighted by Crippen LogP contribution is 2.12. The average molecular weight is 251 g/mol. The van der Waals surface area contributed by atoms with Gasteiger partial charge in [0.05, 0.1) is 0 Å². The third-order valence-corrected chi connectivity index (χ3v) is 1.94. The Labute approximate surface area is 87.9 Å². The Bertz CT molecular complexity index is 238. The van der Waals surface area contributed by atoms with Gasteiger partial charge in [0.15, 0.2) is 0 Å². The van der Waals surface area contributed by atoms with Crippen molar-refractivity contribution in [2.24, 2.45) is 5.73 Å². The number of nitrogens with two attached hydrogens (primary N) is 1. The molecule has 0 aliphatic carbocycles. The Balaban J connectivity index is 0.00000121. The van der Waals surface area contributed by atoms with Gasteiger partial charge in [-0.05, 0) is 31.0 Å². The molecule has 0 heterocycles. The van der Waals surface area contributed by atoms with Crippen LogP contribution in [0.4, 0.5) is 0 Å². The molecule has 0 aliphatic rings. The van der Waals surface area contributed by atoms with Crippen LogP contribution in [0.5, 0.6) is 0 Å². The van der Waals surface area contributed by atoms with Gasteiger partial charge in [0, 0.05) is 10.5 Å². The van der Waals surface area contributed by atoms with Crippen LogP contribution in [0.2, 0.25) is 0 Å². The van der Waals surface area contributed by atoms with Crippen LogP contribution in [-0.2, 0) is 6.42 Å². The average Bonchev–Trinajstić information content (AvgIpc) is 1.85. The zero-order valence-electron chi connectivity index (χ0n) is 6.96. The van der Waals surface area contributed by atoms with Crippen LogP contribution in [0.25, 0.3) is 0 Å². The van der Waals surface area contributed by atoms with E-state index in [1.165, 1.54) is 5.56 Å². The molecule has 1 aromatic rings. The highest BCUT2D eigenvalue weighted by Gasteiger charge is 1.96. The molecular weight excluding hydrogens is 237 g/mol. The van der Waals surface area contributed by atoms with Gasteiger partial charge in [-0.3, -0.25) is 0 Å². The third kappa shape index (κ3) is 4.10. The third-order valence-electron chi connectivity index (χ3n) is 1.45. The molecule has 68 valence electrons. The lowest BCUT2D eigenvalue weighted by molar-refractivity contribution is 0.738. The van der Waals surface area contributed by atoms with Crippen molar-refractivity contribution in [3.05, 3.63) is 34.3 Å². The molecule has 0 aliphatic heterocycles. The van der Waals surface area contributed by atoms with Gasteiger partial charge in [-0.1, -0.05) is 28.1 Å². The monoisotopic (exact) mass is 249 g/mol. The number of hydrogen-bond acceptors (Lipinski definition) is 1. The summed E-state index contributed by atoms with van der Waals surface area (Å²) in [7, 11) is 0. The minimum absolute atomic E-state index is 0. The first-order chi connectivity index (χ1) is 5.18. The summed E-state index contributed by atoms with van der Waals surface area (Å²) in [6.07, 6.45) is 0.944. The van der Waals surface area contributed by atoms with Crippen LogP contribution in [0.3, 0.4) is 0 Å². The molecule has 3 heteroatoms. The van der Waals surface area contributed by atoms with E-state index in [4.69, 9.17) is 5.73 Å². The summed E-state index contributed by atoms with van der Waals surface area (Å²) < 4.78 is 1.12. The van der Waals surface area contributed by atoms with Gasteiger partial charge < -0.3 is 5.73 Å². The van der Waals surface area contributed by atoms with Crippen molar-refractivity contribution < 1.29 is 0 Å². The maximum absolute atomic E-state index is 5.66. The van der Waals surface area contributed by atoms with Crippen molar-refractivity contribution in [1.29, 1.82) is 0 Å². The minimum atomic E-state index is 0. The summed E-state index contributed by atoms with van der Waals surface area (Å²) in [6.45, 7) is 2.01. The second-order valence-electron chi connectivity index (χ2n) is 2.81. The van der Waals surface area contributed by atoms with Crippen molar-refractivity contribution >= 4 is 28.3 Å². The maximum atomic E-state index is 5.66. The molecule has 12 heavy (non-hydrogen) atoms. The van der Waals surface area contributed by atoms with E-state index in [0.717, 1.165) is 10.9 Å². The van der Waals surface area contributed by atoms with E-state index in [-0.39, 0.29) is 18.4 Å². The predicted molar refractivity (Wildman–Crippen MR) is 58.7 cm³/mol. The molecular formula is C9H13BrClN. The van der Waals surface area contributed by atoms with Crippen LogP contribution >= 0.6 is 28.3 Å². The lowest BCUT2D eigenvalue weighted by Gasteiger charge is -2.04. The van der Waals surface area contributed by atoms with E-state index < -0.39 is 0 Å². The highest BCUT2D eigenvalue weighted by atomic mass is 79.9. The van der Waals surface area contributed by atoms with Gasteiger partial charge in [0.2, 0.25) is 0 Å². The zero-order valence-corrected chi connectivity index (χ0v) is 9.36. The molecule has 0 saturated heterocycles. The van der Waals surface area contributed by atoms with E-state index in [1.807, 2.05) is 19.1 Å². The molecule has 0 amide bonds. The standard InChI is InChI=1S/C9H12BrN.ClH/c1-7(11)5-8-3-2-4-9(10)6-8;/h2-4,6-7H,5,11H2,1H3;1H/t7-;/m1./s1. The molecule has 0 spiro atoms. The Hall–Kier alpha value is -0.0500. The Kier molecular flexibility index (Phi) is 5.55. The Morgan fingerprint density at radius 1 is 1.50 bits per heavy atom. The smallest absolute Gasteiger partial charge is 0.0178 e. The first kappa shape index (κ1) is 11.9. The van der Waals surface area contributed by atoms with Gasteiger partial charge >= 0.3 is 0 Å². The van der Waals surface area contributed by atoms with Crippen LogP contribution in [0, 0.1) is 0 Å². The molecule has 1 atom stereocenters. The molecule has 0 aromatic heterocycles. The Morgan fingerprint density at radius 3 is 2.67 bits per heavy atom. The van der Waals surface area contributed by atoms with E-state index in [9.17, 15) is 0 Å². The van der Waals surface area contributed by atoms with Crippen LogP contribution in [-0.4, -0.2) is 6.04 Å². The van der Waals surface area contributed by atoms with E-state index in [0.29, 0.717) is 0 Å². The molecule has 0 bridgehead atoms. The van der Waals surface area contributed by atoms with Gasteiger partial charge in [-0.25, -0.2) is 0 Å². The van der Waals surface area contributed by atoms with Crippen molar-refractivity contribution in [3.8, 4) is 0 Å². The van der Waals surface area contributed by atoms with Gasteiger partial charge in [0.25, 0.3) is 0 Å². The molecule has 1 aromatic carbocycles. The summed E-state index contributed by atoms with van der Waals surface area (Å²) in [4.78, 5) is 0. The highest BCUT2D eigenvalue weighted by molar-refractivity contribution is 9.10. The molecule has 0 fully saturated rings. The van der Waals surface area contributed by atoms with Crippen molar-refractivity contribution in [3.63, 3.8) is 0 Å². The van der Waals surface area contributed by atoms with Crippen LogP contribution in [0.15, 0.2) is 28.7 Å². The molecule has 0 radical (unpaired) electrons. The quantitative estimate of drug-likeness (QED) is 0.858. The minimum Gasteiger partial charge on any atom is -0.328 e. The molecule has 1 nitrogen and oxygen atoms in total. The second-order valence-corrected chi connectivity index (χ2v) is 3.73. The predicted octanol–water partition coefficient (Wildman–Crippen LogP) is 2.76. The number of hydrogen-bond donors (Lipinski definition) is 1. The lowest BCUT2D eigenvalue weighted by atomic mass is 10.1. The van der Waals surface area contributed by atoms with Gasteiger partial charge in [0.1, 0.15) is 0 Å². The van der Waals surface area contributed by atoms with Crippen LogP contribution < -0.4 is 5.73 Å². The lowest BCUT2D eigenvalue weighted by Crippen LogP contribution is -2.17. The molecule has 2 N–H and O–H groups in total. The number of rotatable bonds is 2. The maximum Gasteiger partial charge on any atom is 0.0178 e. The fourth-order valence-corrected chi connectivity index (χ4v) is 1.48. The molecule has 0 unspecified atom stereocenters. The van der Waals surface area contributed by atoms with E-state index >= 15 is 0 Å². The summed E-state index contributed by atoms with van der Waals surface area (Å²) in [5, 5.41) is 0. The summed E-state index contributed by atoms with van der Waals surface area (Å²) in [5.74, 6) is 0. The summed E-state index contributed by atoms with van der Waals surface area (Å²) in [5.41, 5.74) is 6.95. The van der Waals surface area contributed by atoms with Crippen molar-refractivity contribution in [2.45, 2.75) is 19.4 Å². The summed E-state index contributed by atoms with van der Waals surface area (Å²) in [6, 6.07) is 8.48. The molecule has 0 saturated carbocycles. The largest absolute Gasteiger partial charge is 0.328 e. The summed E-state index contributed by atoms with van der Waals surface area (Å²) >= 11 is 3.41. The fourth-order valence-electron chi connectivity index (χ4n) is 1.04. The molecule has 1 rings (SSSR count). The van der Waals surface area contributed by atoms with E-state index in [1.54, 1.807) is 0 Å². The van der Waals surface area contributed by atoms with E-state index in [2.05, 4.69) is 28.1 Å². The first-order valence-electron chi connectivity index (χ1n) is 3.68. The van der Waals surface area contributed by atoms with Crippen LogP contribution in [0.1, 0.15) is 12.5 Å². The zero-order chi connectivity index (χ0) is 8.27. The van der Waals surface area contributed by atoms with Gasteiger partial charge in [-0.15, -0.1) is 12.4 Å². The normalized spacial score (nSPS) is 11.9. The van der Waals surface area contributed by atoms with Crippen molar-refractivity contribution in [2.75, 3.05) is 0 Å². The van der Waals surface area contributed by atoms with Gasteiger partial charge in [-0.2, -0.15) is 0 Å². The SMILES string of the molecule is C[C@@H](N)Cc1cccc(Br)c1.Cl. The fraction of sp³-hybridized carbons (Fsp3) is 0.333. The second kappa shape index (κ2) is 5.57. The number of halogens is 2. The first-order valence-corrected chi connectivity index (χ1v) is 4.48.